The minimum absolute atomic E-state index is 0.0176. The van der Waals surface area contributed by atoms with Crippen LogP contribution in [0.1, 0.15) is 24.5 Å². The number of benzene rings is 3. The van der Waals surface area contributed by atoms with Crippen LogP contribution < -0.4 is 15.4 Å². The van der Waals surface area contributed by atoms with Crippen LogP contribution in [0, 0.1) is 15.9 Å². The van der Waals surface area contributed by atoms with Crippen molar-refractivity contribution in [3.63, 3.8) is 0 Å². The molecule has 3 aromatic carbocycles. The number of nitrogens with one attached hydrogen (secondary N) is 2. The highest BCUT2D eigenvalue weighted by Gasteiger charge is 2.25. The Hall–Kier alpha value is -4.32. The third-order valence-electron chi connectivity index (χ3n) is 5.21. The van der Waals surface area contributed by atoms with Gasteiger partial charge in [-0.2, -0.15) is 0 Å². The third kappa shape index (κ3) is 8.10. The van der Waals surface area contributed by atoms with E-state index < -0.39 is 40.5 Å². The zero-order valence-corrected chi connectivity index (χ0v) is 21.7. The Balaban J connectivity index is 1.79. The van der Waals surface area contributed by atoms with E-state index in [4.69, 9.17) is 9.47 Å². The molecule has 10 nitrogen and oxygen atoms in total. The first kappa shape index (κ1) is 28.3. The maximum Gasteiger partial charge on any atom is 0.408 e. The van der Waals surface area contributed by atoms with E-state index in [0.29, 0.717) is 11.1 Å². The van der Waals surface area contributed by atoms with E-state index in [-0.39, 0.29) is 30.8 Å². The number of esters is 1. The molecule has 1 atom stereocenters. The predicted molar refractivity (Wildman–Crippen MR) is 139 cm³/mol. The van der Waals surface area contributed by atoms with Gasteiger partial charge in [0.15, 0.2) is 11.6 Å². The quantitative estimate of drug-likeness (QED) is 0.142. The molecule has 0 fully saturated rings. The van der Waals surface area contributed by atoms with Crippen molar-refractivity contribution in [1.82, 2.24) is 5.32 Å². The molecule has 12 heteroatoms. The fraction of sp³-hybridized carbons (Fsp3) is 0.192. The topological polar surface area (TPSA) is 137 Å². The van der Waals surface area contributed by atoms with Crippen molar-refractivity contribution in [3.8, 4) is 5.75 Å². The van der Waals surface area contributed by atoms with Gasteiger partial charge in [-0.15, -0.1) is 0 Å². The smallest absolute Gasteiger partial charge is 0.408 e. The van der Waals surface area contributed by atoms with Crippen LogP contribution in [0.3, 0.4) is 0 Å². The van der Waals surface area contributed by atoms with Crippen molar-refractivity contribution >= 4 is 45.3 Å². The van der Waals surface area contributed by atoms with Crippen molar-refractivity contribution < 1.29 is 33.2 Å². The molecule has 0 aliphatic heterocycles. The summed E-state index contributed by atoms with van der Waals surface area (Å²) in [6.07, 6.45) is -0.987. The maximum atomic E-state index is 14.4. The first-order valence-electron chi connectivity index (χ1n) is 11.4. The van der Waals surface area contributed by atoms with Crippen LogP contribution in [0.2, 0.25) is 0 Å². The molecule has 0 aliphatic rings. The second kappa shape index (κ2) is 13.3. The molecule has 3 rings (SSSR count). The summed E-state index contributed by atoms with van der Waals surface area (Å²) in [5.41, 5.74) is 0.956. The number of nitrogens with zero attached hydrogens (tertiary/aromatic N) is 1. The summed E-state index contributed by atoms with van der Waals surface area (Å²) in [5.74, 6) is -2.79. The highest BCUT2D eigenvalue weighted by atomic mass is 79.9. The molecule has 0 radical (unpaired) electrons. The molecule has 38 heavy (non-hydrogen) atoms. The number of ether oxygens (including phenoxy) is 2. The number of carbonyl (C=O) groups is 3. The summed E-state index contributed by atoms with van der Waals surface area (Å²) >= 11 is 3.32. The Morgan fingerprint density at radius 3 is 2.32 bits per heavy atom. The standard InChI is InChI=1S/C26H23BrFN3O7/c1-2-23(32)38-24-20(28)4-3-5-21(24)29-25(33)22(14-16-8-12-19(13-9-16)31(35)36)30-26(34)37-15-17-6-10-18(27)11-7-17/h3-13,22H,2,14-15H2,1H3,(H,29,33)(H,30,34)/t22-/m0/s1. The zero-order chi connectivity index (χ0) is 27.7. The van der Waals surface area contributed by atoms with Gasteiger partial charge in [0.1, 0.15) is 12.6 Å². The number of hydrogen-bond donors (Lipinski definition) is 2. The van der Waals surface area contributed by atoms with Crippen LogP contribution in [0.15, 0.2) is 71.2 Å². The molecule has 2 N–H and O–H groups in total. The molecule has 0 aromatic heterocycles. The van der Waals surface area contributed by atoms with Gasteiger partial charge in [0, 0.05) is 29.4 Å². The average Bonchev–Trinajstić information content (AvgIpc) is 2.90. The van der Waals surface area contributed by atoms with Crippen LogP contribution in [-0.4, -0.2) is 28.9 Å². The van der Waals surface area contributed by atoms with Gasteiger partial charge in [-0.05, 0) is 35.4 Å². The summed E-state index contributed by atoms with van der Waals surface area (Å²) in [6, 6.07) is 15.0. The highest BCUT2D eigenvalue weighted by Crippen LogP contribution is 2.28. The van der Waals surface area contributed by atoms with E-state index in [1.165, 1.54) is 43.3 Å². The minimum atomic E-state index is -1.23. The molecule has 198 valence electrons. The van der Waals surface area contributed by atoms with Crippen LogP contribution in [-0.2, 0) is 27.4 Å². The molecule has 0 unspecified atom stereocenters. The van der Waals surface area contributed by atoms with Crippen molar-refractivity contribution in [3.05, 3.63) is 98.3 Å². The summed E-state index contributed by atoms with van der Waals surface area (Å²) in [7, 11) is 0. The van der Waals surface area contributed by atoms with E-state index >= 15 is 0 Å². The number of nitro groups is 1. The Bertz CT molecular complexity index is 1320. The second-order valence-corrected chi connectivity index (χ2v) is 8.88. The van der Waals surface area contributed by atoms with Crippen LogP contribution in [0.5, 0.6) is 5.75 Å². The van der Waals surface area contributed by atoms with Gasteiger partial charge >= 0.3 is 12.1 Å². The fourth-order valence-corrected chi connectivity index (χ4v) is 3.49. The maximum absolute atomic E-state index is 14.4. The largest absolute Gasteiger partial charge is 0.445 e. The van der Waals surface area contributed by atoms with Crippen molar-refractivity contribution in [2.45, 2.75) is 32.4 Å². The van der Waals surface area contributed by atoms with Gasteiger partial charge in [0.05, 0.1) is 10.6 Å². The van der Waals surface area contributed by atoms with Crippen LogP contribution in [0.25, 0.3) is 0 Å². The van der Waals surface area contributed by atoms with Gasteiger partial charge in [-0.1, -0.05) is 53.2 Å². The average molecular weight is 588 g/mol. The predicted octanol–water partition coefficient (Wildman–Crippen LogP) is 5.29. The number of carbonyl (C=O) groups excluding carboxylic acids is 3. The van der Waals surface area contributed by atoms with E-state index in [1.54, 1.807) is 24.3 Å². The first-order valence-corrected chi connectivity index (χ1v) is 12.2. The molecule has 0 saturated heterocycles. The normalized spacial score (nSPS) is 11.2. The first-order chi connectivity index (χ1) is 18.2. The van der Waals surface area contributed by atoms with Gasteiger partial charge in [-0.25, -0.2) is 9.18 Å². The molecular weight excluding hydrogens is 565 g/mol. The number of amides is 2. The van der Waals surface area contributed by atoms with Crippen LogP contribution in [0.4, 0.5) is 20.6 Å². The minimum Gasteiger partial charge on any atom is -0.445 e. The number of nitro benzene ring substituents is 1. The Kier molecular flexibility index (Phi) is 9.88. The van der Waals surface area contributed by atoms with E-state index in [0.717, 1.165) is 10.5 Å². The van der Waals surface area contributed by atoms with Crippen molar-refractivity contribution in [1.29, 1.82) is 0 Å². The van der Waals surface area contributed by atoms with E-state index in [1.807, 2.05) is 0 Å². The van der Waals surface area contributed by atoms with Gasteiger partial charge in [0.2, 0.25) is 5.91 Å². The molecule has 0 heterocycles. The lowest BCUT2D eigenvalue weighted by Gasteiger charge is -2.20. The zero-order valence-electron chi connectivity index (χ0n) is 20.1. The van der Waals surface area contributed by atoms with Gasteiger partial charge in [-0.3, -0.25) is 19.7 Å². The molecule has 0 spiro atoms. The highest BCUT2D eigenvalue weighted by molar-refractivity contribution is 9.10. The SMILES string of the molecule is CCC(=O)Oc1c(F)cccc1NC(=O)[C@H](Cc1ccc([N+](=O)[O-])cc1)NC(=O)OCc1ccc(Br)cc1. The van der Waals surface area contributed by atoms with Gasteiger partial charge < -0.3 is 20.1 Å². The van der Waals surface area contributed by atoms with Crippen LogP contribution >= 0.6 is 15.9 Å². The molecule has 0 saturated carbocycles. The third-order valence-corrected chi connectivity index (χ3v) is 5.74. The van der Waals surface area contributed by atoms with Crippen molar-refractivity contribution in [2.24, 2.45) is 0 Å². The van der Waals surface area contributed by atoms with Gasteiger partial charge in [0.25, 0.3) is 5.69 Å². The second-order valence-electron chi connectivity index (χ2n) is 7.96. The summed E-state index contributed by atoms with van der Waals surface area (Å²) in [4.78, 5) is 47.9. The van der Waals surface area contributed by atoms with E-state index in [9.17, 15) is 28.9 Å². The monoisotopic (exact) mass is 587 g/mol. The molecular formula is C26H23BrFN3O7. The Morgan fingerprint density at radius 2 is 1.68 bits per heavy atom. The van der Waals surface area contributed by atoms with Crippen molar-refractivity contribution in [2.75, 3.05) is 5.32 Å². The van der Waals surface area contributed by atoms with E-state index in [2.05, 4.69) is 26.6 Å². The molecule has 2 amide bonds. The Labute approximate surface area is 225 Å². The summed E-state index contributed by atoms with van der Waals surface area (Å²) < 4.78 is 25.5. The Morgan fingerprint density at radius 1 is 1.03 bits per heavy atom. The number of rotatable bonds is 10. The number of halogens is 2. The summed E-state index contributed by atoms with van der Waals surface area (Å²) in [5, 5.41) is 15.9. The fourth-order valence-electron chi connectivity index (χ4n) is 3.23. The number of anilines is 1. The number of hydrogen-bond acceptors (Lipinski definition) is 7. The number of non-ortho nitro benzene ring substituents is 1. The number of alkyl carbamates (subject to hydrolysis) is 1. The molecule has 0 bridgehead atoms. The summed E-state index contributed by atoms with van der Waals surface area (Å²) in [6.45, 7) is 1.47. The molecule has 3 aromatic rings. The lowest BCUT2D eigenvalue weighted by molar-refractivity contribution is -0.384. The molecule has 0 aliphatic carbocycles. The number of para-hydroxylation sites is 1. The lowest BCUT2D eigenvalue weighted by Crippen LogP contribution is -2.45. The lowest BCUT2D eigenvalue weighted by atomic mass is 10.0.